The van der Waals surface area contributed by atoms with Gasteiger partial charge in [-0.25, -0.2) is 4.79 Å². The highest BCUT2D eigenvalue weighted by Gasteiger charge is 2.43. The molecule has 0 spiro atoms. The molecule has 1 aromatic rings. The van der Waals surface area contributed by atoms with Gasteiger partial charge in [0.1, 0.15) is 5.60 Å². The highest BCUT2D eigenvalue weighted by atomic mass is 16.3. The summed E-state index contributed by atoms with van der Waals surface area (Å²) in [6.07, 6.45) is 7.79. The molecule has 1 unspecified atom stereocenters. The molecule has 0 bridgehead atoms. The lowest BCUT2D eigenvalue weighted by molar-refractivity contribution is -0.0207. The average Bonchev–Trinajstić information content (AvgIpc) is 3.09. The number of aromatic amines is 1. The van der Waals surface area contributed by atoms with Gasteiger partial charge < -0.3 is 15.3 Å². The minimum Gasteiger partial charge on any atom is -0.383 e. The van der Waals surface area contributed by atoms with Crippen LogP contribution < -0.4 is 5.32 Å². The molecule has 0 aromatic carbocycles. The van der Waals surface area contributed by atoms with Crippen molar-refractivity contribution in [1.82, 2.24) is 20.4 Å². The highest BCUT2D eigenvalue weighted by molar-refractivity contribution is 5.74. The van der Waals surface area contributed by atoms with Crippen molar-refractivity contribution in [2.75, 3.05) is 13.1 Å². The summed E-state index contributed by atoms with van der Waals surface area (Å²) in [5, 5.41) is 20.7. The number of piperidine rings is 1. The Kier molecular flexibility index (Phi) is 3.36. The van der Waals surface area contributed by atoms with Crippen molar-refractivity contribution in [3.05, 3.63) is 18.0 Å². The normalized spacial score (nSPS) is 33.1. The number of nitrogens with zero attached hydrogens (tertiary/aromatic N) is 2. The standard InChI is InChI=1S/C16H24N4O2/c21-15(18-13-4-2-11-1-3-12(11)13)20-9-6-16(22,7-10-20)14-5-8-17-19-14/h5,8,11-13,22H,1-4,6-7,9-10H2,(H,17,19)(H,18,21)/t11-,12-,13?/m0/s1. The van der Waals surface area contributed by atoms with E-state index in [1.165, 1.54) is 19.3 Å². The molecule has 2 amide bonds. The quantitative estimate of drug-likeness (QED) is 0.776. The molecule has 3 aliphatic rings. The number of aromatic nitrogens is 2. The van der Waals surface area contributed by atoms with Gasteiger partial charge in [0.25, 0.3) is 0 Å². The van der Waals surface area contributed by atoms with Gasteiger partial charge >= 0.3 is 6.03 Å². The lowest BCUT2D eigenvalue weighted by atomic mass is 9.75. The van der Waals surface area contributed by atoms with Crippen LogP contribution in [0.25, 0.3) is 0 Å². The fraction of sp³-hybridized carbons (Fsp3) is 0.750. The van der Waals surface area contributed by atoms with Gasteiger partial charge in [-0.15, -0.1) is 0 Å². The van der Waals surface area contributed by atoms with Gasteiger partial charge in [0.15, 0.2) is 0 Å². The maximum absolute atomic E-state index is 12.4. The molecule has 1 saturated heterocycles. The summed E-state index contributed by atoms with van der Waals surface area (Å²) in [6.45, 7) is 1.17. The molecule has 2 aliphatic carbocycles. The first-order valence-corrected chi connectivity index (χ1v) is 8.43. The van der Waals surface area contributed by atoms with Gasteiger partial charge in [0.05, 0.1) is 5.69 Å². The van der Waals surface area contributed by atoms with E-state index in [1.54, 1.807) is 6.20 Å². The summed E-state index contributed by atoms with van der Waals surface area (Å²) >= 11 is 0. The van der Waals surface area contributed by atoms with Crippen LogP contribution in [0.3, 0.4) is 0 Å². The second-order valence-electron chi connectivity index (χ2n) is 7.12. The monoisotopic (exact) mass is 304 g/mol. The van der Waals surface area contributed by atoms with E-state index < -0.39 is 5.60 Å². The Morgan fingerprint density at radius 3 is 2.68 bits per heavy atom. The number of likely N-dealkylation sites (tertiary alicyclic amines) is 1. The van der Waals surface area contributed by atoms with Crippen molar-refractivity contribution < 1.29 is 9.90 Å². The number of carbonyl (C=O) groups excluding carboxylic acids is 1. The Morgan fingerprint density at radius 2 is 2.09 bits per heavy atom. The smallest absolute Gasteiger partial charge is 0.317 e. The molecular weight excluding hydrogens is 280 g/mol. The van der Waals surface area contributed by atoms with E-state index in [4.69, 9.17) is 0 Å². The average molecular weight is 304 g/mol. The summed E-state index contributed by atoms with van der Waals surface area (Å²) in [4.78, 5) is 14.3. The molecule has 1 aliphatic heterocycles. The van der Waals surface area contributed by atoms with E-state index >= 15 is 0 Å². The number of aliphatic hydroxyl groups is 1. The minimum atomic E-state index is -0.875. The van der Waals surface area contributed by atoms with Crippen LogP contribution in [0.2, 0.25) is 0 Å². The number of H-pyrrole nitrogens is 1. The summed E-state index contributed by atoms with van der Waals surface area (Å²) in [6, 6.07) is 2.23. The highest BCUT2D eigenvalue weighted by Crippen LogP contribution is 2.46. The van der Waals surface area contributed by atoms with E-state index in [0.29, 0.717) is 32.0 Å². The van der Waals surface area contributed by atoms with Crippen LogP contribution in [0.1, 0.15) is 44.2 Å². The van der Waals surface area contributed by atoms with E-state index in [1.807, 2.05) is 11.0 Å². The van der Waals surface area contributed by atoms with Crippen LogP contribution in [-0.2, 0) is 5.60 Å². The van der Waals surface area contributed by atoms with Crippen molar-refractivity contribution in [2.45, 2.75) is 50.2 Å². The number of fused-ring (bicyclic) bond motifs is 1. The molecule has 2 heterocycles. The van der Waals surface area contributed by atoms with Gasteiger partial charge in [0.2, 0.25) is 0 Å². The molecule has 6 nitrogen and oxygen atoms in total. The fourth-order valence-electron chi connectivity index (χ4n) is 4.38. The first-order chi connectivity index (χ1) is 10.7. The van der Waals surface area contributed by atoms with E-state index in [-0.39, 0.29) is 6.03 Å². The predicted molar refractivity (Wildman–Crippen MR) is 81.1 cm³/mol. The number of rotatable bonds is 2. The second kappa shape index (κ2) is 5.26. The van der Waals surface area contributed by atoms with Gasteiger partial charge in [-0.3, -0.25) is 5.10 Å². The molecule has 2 saturated carbocycles. The Hall–Kier alpha value is -1.56. The van der Waals surface area contributed by atoms with Crippen molar-refractivity contribution in [3.63, 3.8) is 0 Å². The molecule has 120 valence electrons. The van der Waals surface area contributed by atoms with Gasteiger partial charge in [0, 0.05) is 25.3 Å². The maximum Gasteiger partial charge on any atom is 0.317 e. The number of hydrogen-bond donors (Lipinski definition) is 3. The van der Waals surface area contributed by atoms with Gasteiger partial charge in [-0.1, -0.05) is 0 Å². The zero-order valence-corrected chi connectivity index (χ0v) is 12.8. The minimum absolute atomic E-state index is 0.0456. The first kappa shape index (κ1) is 14.1. The van der Waals surface area contributed by atoms with Crippen LogP contribution in [0, 0.1) is 11.8 Å². The fourth-order valence-corrected chi connectivity index (χ4v) is 4.38. The number of urea groups is 1. The largest absolute Gasteiger partial charge is 0.383 e. The SMILES string of the molecule is O=C(NC1CC[C@@H]2CC[C@H]12)N1CCC(O)(c2ccn[nH]2)CC1. The summed E-state index contributed by atoms with van der Waals surface area (Å²) in [7, 11) is 0. The zero-order chi connectivity index (χ0) is 15.2. The van der Waals surface area contributed by atoms with Crippen LogP contribution >= 0.6 is 0 Å². The lowest BCUT2D eigenvalue weighted by Crippen LogP contribution is -2.52. The molecule has 22 heavy (non-hydrogen) atoms. The van der Waals surface area contributed by atoms with Crippen molar-refractivity contribution in [1.29, 1.82) is 0 Å². The van der Waals surface area contributed by atoms with E-state index in [2.05, 4.69) is 15.5 Å². The van der Waals surface area contributed by atoms with Crippen molar-refractivity contribution >= 4 is 6.03 Å². The molecule has 6 heteroatoms. The third-order valence-corrected chi connectivity index (χ3v) is 6.03. The second-order valence-corrected chi connectivity index (χ2v) is 7.12. The van der Waals surface area contributed by atoms with Gasteiger partial charge in [-0.2, -0.15) is 5.10 Å². The first-order valence-electron chi connectivity index (χ1n) is 8.43. The van der Waals surface area contributed by atoms with Crippen molar-refractivity contribution in [2.24, 2.45) is 11.8 Å². The van der Waals surface area contributed by atoms with Crippen molar-refractivity contribution in [3.8, 4) is 0 Å². The number of amides is 2. The van der Waals surface area contributed by atoms with Crippen LogP contribution in [0.15, 0.2) is 12.3 Å². The molecule has 0 radical (unpaired) electrons. The maximum atomic E-state index is 12.4. The molecular formula is C16H24N4O2. The molecule has 1 aromatic heterocycles. The Balaban J connectivity index is 1.32. The lowest BCUT2D eigenvalue weighted by Gasteiger charge is -2.39. The Labute approximate surface area is 130 Å². The Morgan fingerprint density at radius 1 is 1.32 bits per heavy atom. The van der Waals surface area contributed by atoms with Crippen LogP contribution in [-0.4, -0.2) is 45.4 Å². The summed E-state index contributed by atoms with van der Waals surface area (Å²) < 4.78 is 0. The van der Waals surface area contributed by atoms with E-state index in [0.717, 1.165) is 24.0 Å². The third kappa shape index (κ3) is 2.29. The van der Waals surface area contributed by atoms with Crippen LogP contribution in [0.4, 0.5) is 4.79 Å². The van der Waals surface area contributed by atoms with E-state index in [9.17, 15) is 9.90 Å². The predicted octanol–water partition coefficient (Wildman–Crippen LogP) is 1.59. The molecule has 3 fully saturated rings. The third-order valence-electron chi connectivity index (χ3n) is 6.03. The molecule has 3 N–H and O–H groups in total. The molecule has 4 rings (SSSR count). The summed E-state index contributed by atoms with van der Waals surface area (Å²) in [5.74, 6) is 1.58. The Bertz CT molecular complexity index is 536. The molecule has 3 atom stereocenters. The topological polar surface area (TPSA) is 81.2 Å². The number of carbonyl (C=O) groups is 1. The van der Waals surface area contributed by atoms with Crippen LogP contribution in [0.5, 0.6) is 0 Å². The zero-order valence-electron chi connectivity index (χ0n) is 12.8. The number of hydrogen-bond acceptors (Lipinski definition) is 3. The van der Waals surface area contributed by atoms with Gasteiger partial charge in [-0.05, 0) is 56.4 Å². The number of nitrogens with one attached hydrogen (secondary N) is 2. The summed E-state index contributed by atoms with van der Waals surface area (Å²) in [5.41, 5.74) is -0.125.